The van der Waals surface area contributed by atoms with Gasteiger partial charge in [0.2, 0.25) is 17.7 Å². The van der Waals surface area contributed by atoms with Crippen molar-refractivity contribution < 1.29 is 14.8 Å². The number of nitrogens with one attached hydrogen (secondary N) is 2. The molecular formula is C18H29N7O4. The van der Waals surface area contributed by atoms with Crippen LogP contribution in [-0.4, -0.2) is 69.1 Å². The number of carbonyl (C=O) groups is 1. The topological polar surface area (TPSA) is 160 Å². The number of hydrogen-bond donors (Lipinski definition) is 4. The Labute approximate surface area is 169 Å². The van der Waals surface area contributed by atoms with Gasteiger partial charge in [-0.2, -0.15) is 4.98 Å². The molecule has 11 nitrogen and oxygen atoms in total. The molecule has 1 aliphatic heterocycles. The number of nitrogens with two attached hydrogens (primary N) is 1. The van der Waals surface area contributed by atoms with Gasteiger partial charge >= 0.3 is 5.69 Å². The Kier molecular flexibility index (Phi) is 7.15. The van der Waals surface area contributed by atoms with Crippen LogP contribution in [-0.2, 0) is 4.79 Å². The van der Waals surface area contributed by atoms with E-state index in [0.29, 0.717) is 32.0 Å². The van der Waals surface area contributed by atoms with E-state index in [1.54, 1.807) is 4.90 Å². The zero-order chi connectivity index (χ0) is 20.8. The lowest BCUT2D eigenvalue weighted by Gasteiger charge is -2.30. The third-order valence-electron chi connectivity index (χ3n) is 5.56. The Balaban J connectivity index is 1.58. The molecule has 5 N–H and O–H groups in total. The van der Waals surface area contributed by atoms with Crippen molar-refractivity contribution in [3.63, 3.8) is 0 Å². The molecule has 2 fully saturated rings. The molecule has 11 heteroatoms. The molecule has 1 aromatic rings. The highest BCUT2D eigenvalue weighted by molar-refractivity contribution is 5.80. The monoisotopic (exact) mass is 407 g/mol. The molecule has 0 unspecified atom stereocenters. The van der Waals surface area contributed by atoms with Crippen molar-refractivity contribution in [1.29, 1.82) is 0 Å². The molecule has 0 radical (unpaired) electrons. The second-order valence-electron chi connectivity index (χ2n) is 7.84. The number of aliphatic hydroxyl groups excluding tert-OH is 1. The van der Waals surface area contributed by atoms with Crippen LogP contribution in [0.15, 0.2) is 6.20 Å². The third kappa shape index (κ3) is 5.97. The number of piperidine rings is 1. The highest BCUT2D eigenvalue weighted by atomic mass is 16.6. The molecule has 2 aliphatic rings. The lowest BCUT2D eigenvalue weighted by Crippen LogP contribution is -2.44. The summed E-state index contributed by atoms with van der Waals surface area (Å²) in [5.41, 5.74) is 5.72. The fourth-order valence-corrected chi connectivity index (χ4v) is 3.81. The summed E-state index contributed by atoms with van der Waals surface area (Å²) in [6.45, 7) is 1.47. The van der Waals surface area contributed by atoms with Crippen LogP contribution in [0.25, 0.3) is 0 Å². The summed E-state index contributed by atoms with van der Waals surface area (Å²) < 4.78 is 0. The standard InChI is InChI=1S/C18H29N7O4/c19-13-5-3-12(4-6-13)8-20-17-15(25(28)29)9-21-18(23-17)22-10-16(27)24-7-1-2-14(26)11-24/h9,12-14,26H,1-8,10-11,19H2,(H2,20,21,22,23)/t12?,13?,14-/m1/s1. The number of hydrogen-bond acceptors (Lipinski definition) is 9. The van der Waals surface area contributed by atoms with Gasteiger partial charge in [-0.1, -0.05) is 0 Å². The smallest absolute Gasteiger partial charge is 0.329 e. The van der Waals surface area contributed by atoms with E-state index in [0.717, 1.165) is 38.3 Å². The molecule has 0 aromatic carbocycles. The highest BCUT2D eigenvalue weighted by Crippen LogP contribution is 2.26. The molecule has 29 heavy (non-hydrogen) atoms. The Morgan fingerprint density at radius 3 is 2.76 bits per heavy atom. The van der Waals surface area contributed by atoms with Crippen molar-refractivity contribution in [2.75, 3.05) is 36.8 Å². The Bertz CT molecular complexity index is 724. The molecule has 160 valence electrons. The van der Waals surface area contributed by atoms with E-state index in [1.807, 2.05) is 0 Å². The van der Waals surface area contributed by atoms with Crippen LogP contribution < -0.4 is 16.4 Å². The fraction of sp³-hybridized carbons (Fsp3) is 0.722. The summed E-state index contributed by atoms with van der Waals surface area (Å²) in [6, 6.07) is 0.244. The zero-order valence-corrected chi connectivity index (χ0v) is 16.4. The number of anilines is 2. The second-order valence-corrected chi connectivity index (χ2v) is 7.84. The van der Waals surface area contributed by atoms with Crippen molar-refractivity contribution in [2.45, 2.75) is 50.7 Å². The van der Waals surface area contributed by atoms with Crippen LogP contribution in [0.1, 0.15) is 38.5 Å². The zero-order valence-electron chi connectivity index (χ0n) is 16.4. The number of nitrogens with zero attached hydrogens (tertiary/aromatic N) is 4. The molecule has 1 aromatic heterocycles. The van der Waals surface area contributed by atoms with E-state index in [9.17, 15) is 20.0 Å². The number of likely N-dealkylation sites (tertiary alicyclic amines) is 1. The van der Waals surface area contributed by atoms with Crippen LogP contribution in [0, 0.1) is 16.0 Å². The highest BCUT2D eigenvalue weighted by Gasteiger charge is 2.24. The van der Waals surface area contributed by atoms with E-state index >= 15 is 0 Å². The predicted molar refractivity (Wildman–Crippen MR) is 107 cm³/mol. The maximum atomic E-state index is 12.3. The van der Waals surface area contributed by atoms with Crippen molar-refractivity contribution in [1.82, 2.24) is 14.9 Å². The molecule has 1 saturated heterocycles. The first-order valence-corrected chi connectivity index (χ1v) is 10.1. The SMILES string of the molecule is NC1CCC(CNc2nc(NCC(=O)N3CCC[C@@H](O)C3)ncc2[N+](=O)[O-])CC1. The van der Waals surface area contributed by atoms with Crippen LogP contribution in [0.4, 0.5) is 17.5 Å². The van der Waals surface area contributed by atoms with Crippen LogP contribution in [0.5, 0.6) is 0 Å². The van der Waals surface area contributed by atoms with Gasteiger partial charge < -0.3 is 26.4 Å². The Morgan fingerprint density at radius 1 is 1.31 bits per heavy atom. The number of carbonyl (C=O) groups excluding carboxylic acids is 1. The quantitative estimate of drug-likeness (QED) is 0.377. The number of rotatable bonds is 7. The molecule has 0 spiro atoms. The van der Waals surface area contributed by atoms with Gasteiger partial charge in [-0.25, -0.2) is 4.98 Å². The molecule has 1 saturated carbocycles. The first-order valence-electron chi connectivity index (χ1n) is 10.1. The summed E-state index contributed by atoms with van der Waals surface area (Å²) in [4.78, 5) is 32.8. The van der Waals surface area contributed by atoms with Crippen molar-refractivity contribution in [3.05, 3.63) is 16.3 Å². The maximum Gasteiger partial charge on any atom is 0.329 e. The van der Waals surface area contributed by atoms with Gasteiger partial charge in [-0.15, -0.1) is 0 Å². The number of aliphatic hydroxyl groups is 1. The number of amides is 1. The van der Waals surface area contributed by atoms with Gasteiger partial charge in [0.1, 0.15) is 6.20 Å². The van der Waals surface area contributed by atoms with Crippen molar-refractivity contribution in [3.8, 4) is 0 Å². The van der Waals surface area contributed by atoms with Gasteiger partial charge in [0, 0.05) is 25.7 Å². The van der Waals surface area contributed by atoms with E-state index in [1.165, 1.54) is 0 Å². The van der Waals surface area contributed by atoms with Crippen LogP contribution in [0.2, 0.25) is 0 Å². The van der Waals surface area contributed by atoms with Crippen molar-refractivity contribution >= 4 is 23.4 Å². The van der Waals surface area contributed by atoms with Gasteiger partial charge in [0.05, 0.1) is 17.6 Å². The Morgan fingerprint density at radius 2 is 2.07 bits per heavy atom. The van der Waals surface area contributed by atoms with E-state index < -0.39 is 11.0 Å². The minimum Gasteiger partial charge on any atom is -0.391 e. The van der Waals surface area contributed by atoms with E-state index in [4.69, 9.17) is 5.73 Å². The molecule has 1 aliphatic carbocycles. The molecule has 1 amide bonds. The molecular weight excluding hydrogens is 378 g/mol. The molecule has 0 bridgehead atoms. The van der Waals surface area contributed by atoms with Crippen LogP contribution >= 0.6 is 0 Å². The average molecular weight is 407 g/mol. The van der Waals surface area contributed by atoms with Gasteiger partial charge in [0.25, 0.3) is 0 Å². The lowest BCUT2D eigenvalue weighted by molar-refractivity contribution is -0.384. The predicted octanol–water partition coefficient (Wildman–Crippen LogP) is 0.709. The summed E-state index contributed by atoms with van der Waals surface area (Å²) in [7, 11) is 0. The summed E-state index contributed by atoms with van der Waals surface area (Å²) >= 11 is 0. The molecule has 1 atom stereocenters. The number of nitro groups is 1. The molecule has 2 heterocycles. The minimum absolute atomic E-state index is 0.0372. The minimum atomic E-state index is -0.525. The summed E-state index contributed by atoms with van der Waals surface area (Å²) in [6.07, 6.45) is 5.99. The number of β-amino-alcohol motifs (C(OH)–C–C–N with tert-alkyl or cyclic N) is 1. The summed E-state index contributed by atoms with van der Waals surface area (Å²) in [5, 5.41) is 26.9. The van der Waals surface area contributed by atoms with Crippen LogP contribution in [0.3, 0.4) is 0 Å². The Hall–Kier alpha value is -2.53. The van der Waals surface area contributed by atoms with E-state index in [-0.39, 0.29) is 35.9 Å². The van der Waals surface area contributed by atoms with Gasteiger partial charge in [-0.3, -0.25) is 14.9 Å². The van der Waals surface area contributed by atoms with E-state index in [2.05, 4.69) is 20.6 Å². The largest absolute Gasteiger partial charge is 0.391 e. The van der Waals surface area contributed by atoms with Gasteiger partial charge in [0.15, 0.2) is 0 Å². The fourth-order valence-electron chi connectivity index (χ4n) is 3.81. The first kappa shape index (κ1) is 21.2. The lowest BCUT2D eigenvalue weighted by atomic mass is 9.86. The maximum absolute atomic E-state index is 12.3. The van der Waals surface area contributed by atoms with Crippen molar-refractivity contribution in [2.24, 2.45) is 11.7 Å². The first-order chi connectivity index (χ1) is 13.9. The third-order valence-corrected chi connectivity index (χ3v) is 5.56. The molecule has 3 rings (SSSR count). The second kappa shape index (κ2) is 9.79. The normalized spacial score (nSPS) is 24.8. The summed E-state index contributed by atoms with van der Waals surface area (Å²) in [5.74, 6) is 0.518. The van der Waals surface area contributed by atoms with Gasteiger partial charge in [-0.05, 0) is 44.4 Å². The average Bonchev–Trinajstić information content (AvgIpc) is 2.71. The number of aromatic nitrogens is 2.